The van der Waals surface area contributed by atoms with Crippen molar-refractivity contribution in [3.8, 4) is 0 Å². The first-order chi connectivity index (χ1) is 12.4. The van der Waals surface area contributed by atoms with Gasteiger partial charge in [0.1, 0.15) is 5.76 Å². The molecule has 1 amide bonds. The van der Waals surface area contributed by atoms with Crippen molar-refractivity contribution in [1.29, 1.82) is 0 Å². The molecule has 0 spiro atoms. The third-order valence-corrected chi connectivity index (χ3v) is 4.63. The quantitative estimate of drug-likeness (QED) is 0.380. The molecular formula is C21H18ClNO3. The first kappa shape index (κ1) is 18.0. The third-order valence-electron chi connectivity index (χ3n) is 4.38. The van der Waals surface area contributed by atoms with Gasteiger partial charge >= 0.3 is 0 Å². The van der Waals surface area contributed by atoms with Crippen LogP contribution in [0.1, 0.15) is 22.7 Å². The molecule has 1 atom stereocenters. The van der Waals surface area contributed by atoms with E-state index in [4.69, 9.17) is 11.6 Å². The topological polar surface area (TPSA) is 57.6 Å². The Balaban J connectivity index is 2.18. The number of aliphatic hydroxyl groups is 1. The molecule has 26 heavy (non-hydrogen) atoms. The fourth-order valence-electron chi connectivity index (χ4n) is 3.07. The number of hydrogen-bond acceptors (Lipinski definition) is 3. The molecule has 1 aliphatic rings. The number of benzene rings is 2. The molecule has 1 heterocycles. The van der Waals surface area contributed by atoms with Crippen LogP contribution in [0.3, 0.4) is 0 Å². The van der Waals surface area contributed by atoms with Gasteiger partial charge in [-0.1, -0.05) is 59.6 Å². The Morgan fingerprint density at radius 2 is 1.77 bits per heavy atom. The highest BCUT2D eigenvalue weighted by molar-refractivity contribution is 6.46. The average Bonchev–Trinajstić information content (AvgIpc) is 2.88. The number of rotatable bonds is 4. The summed E-state index contributed by atoms with van der Waals surface area (Å²) in [4.78, 5) is 26.6. The second-order valence-electron chi connectivity index (χ2n) is 6.16. The molecule has 4 nitrogen and oxygen atoms in total. The highest BCUT2D eigenvalue weighted by Gasteiger charge is 2.45. The Bertz CT molecular complexity index is 898. The van der Waals surface area contributed by atoms with E-state index in [2.05, 4.69) is 6.58 Å². The molecule has 2 aromatic rings. The van der Waals surface area contributed by atoms with Gasteiger partial charge in [-0.3, -0.25) is 9.59 Å². The minimum Gasteiger partial charge on any atom is -0.507 e. The van der Waals surface area contributed by atoms with Crippen molar-refractivity contribution in [2.45, 2.75) is 13.0 Å². The van der Waals surface area contributed by atoms with Crippen molar-refractivity contribution < 1.29 is 14.7 Å². The number of nitrogens with zero attached hydrogens (tertiary/aromatic N) is 1. The van der Waals surface area contributed by atoms with Crippen LogP contribution in [-0.2, 0) is 9.59 Å². The maximum absolute atomic E-state index is 12.7. The average molecular weight is 368 g/mol. The normalized spacial score (nSPS) is 19.0. The van der Waals surface area contributed by atoms with Gasteiger partial charge in [0.25, 0.3) is 11.7 Å². The van der Waals surface area contributed by atoms with Crippen LogP contribution in [0.5, 0.6) is 0 Å². The Labute approximate surface area is 157 Å². The number of ketones is 1. The van der Waals surface area contributed by atoms with Crippen LogP contribution in [-0.4, -0.2) is 28.2 Å². The standard InChI is InChI=1S/C21H18ClNO3/c1-3-12-23-18(14-8-10-16(22)11-9-14)17(20(25)21(23)26)19(24)15-6-4-13(2)5-7-15/h3-11,18,24H,1,12H2,2H3/b19-17+/t18-/m1/s1. The molecule has 1 fully saturated rings. The van der Waals surface area contributed by atoms with Crippen LogP contribution >= 0.6 is 11.6 Å². The molecule has 0 unspecified atom stereocenters. The first-order valence-electron chi connectivity index (χ1n) is 8.16. The number of halogens is 1. The maximum Gasteiger partial charge on any atom is 0.295 e. The van der Waals surface area contributed by atoms with Gasteiger partial charge in [-0.2, -0.15) is 0 Å². The summed E-state index contributed by atoms with van der Waals surface area (Å²) in [7, 11) is 0. The summed E-state index contributed by atoms with van der Waals surface area (Å²) >= 11 is 5.96. The van der Waals surface area contributed by atoms with Crippen LogP contribution in [0.15, 0.2) is 66.8 Å². The third kappa shape index (κ3) is 3.16. The molecular weight excluding hydrogens is 350 g/mol. The number of carbonyl (C=O) groups excluding carboxylic acids is 2. The summed E-state index contributed by atoms with van der Waals surface area (Å²) in [5.41, 5.74) is 2.29. The molecule has 0 bridgehead atoms. The monoisotopic (exact) mass is 367 g/mol. The van der Waals surface area contributed by atoms with Gasteiger partial charge in [-0.25, -0.2) is 0 Å². The van der Waals surface area contributed by atoms with E-state index in [-0.39, 0.29) is 17.9 Å². The van der Waals surface area contributed by atoms with Crippen LogP contribution < -0.4 is 0 Å². The predicted molar refractivity (Wildman–Crippen MR) is 102 cm³/mol. The van der Waals surface area contributed by atoms with Gasteiger partial charge < -0.3 is 10.0 Å². The van der Waals surface area contributed by atoms with Gasteiger partial charge in [0, 0.05) is 17.1 Å². The molecule has 1 saturated heterocycles. The van der Waals surface area contributed by atoms with E-state index in [1.54, 1.807) is 42.5 Å². The van der Waals surface area contributed by atoms with E-state index < -0.39 is 17.7 Å². The SMILES string of the molecule is C=CCN1C(=O)C(=O)/C(=C(/O)c2ccc(C)cc2)[C@H]1c1ccc(Cl)cc1. The van der Waals surface area contributed by atoms with E-state index in [1.165, 1.54) is 4.90 Å². The summed E-state index contributed by atoms with van der Waals surface area (Å²) < 4.78 is 0. The highest BCUT2D eigenvalue weighted by Crippen LogP contribution is 2.39. The number of hydrogen-bond donors (Lipinski definition) is 1. The summed E-state index contributed by atoms with van der Waals surface area (Å²) in [6.07, 6.45) is 1.56. The zero-order valence-electron chi connectivity index (χ0n) is 14.3. The lowest BCUT2D eigenvalue weighted by atomic mass is 9.95. The summed E-state index contributed by atoms with van der Waals surface area (Å²) in [5.74, 6) is -1.54. The van der Waals surface area contributed by atoms with E-state index in [0.29, 0.717) is 16.1 Å². The Morgan fingerprint density at radius 1 is 1.15 bits per heavy atom. The summed E-state index contributed by atoms with van der Waals surface area (Å²) in [6, 6.07) is 13.3. The van der Waals surface area contributed by atoms with Gasteiger partial charge in [-0.05, 0) is 24.6 Å². The Kier molecular flexibility index (Phi) is 4.96. The molecule has 132 valence electrons. The number of aryl methyl sites for hydroxylation is 1. The molecule has 0 aliphatic carbocycles. The number of aliphatic hydroxyl groups excluding tert-OH is 1. The van der Waals surface area contributed by atoms with Crippen LogP contribution in [0.4, 0.5) is 0 Å². The smallest absolute Gasteiger partial charge is 0.295 e. The van der Waals surface area contributed by atoms with E-state index in [1.807, 2.05) is 19.1 Å². The number of carbonyl (C=O) groups is 2. The Morgan fingerprint density at radius 3 is 2.35 bits per heavy atom. The van der Waals surface area contributed by atoms with E-state index in [0.717, 1.165) is 5.56 Å². The van der Waals surface area contributed by atoms with E-state index >= 15 is 0 Å². The van der Waals surface area contributed by atoms with Crippen molar-refractivity contribution in [3.63, 3.8) is 0 Å². The number of Topliss-reactive ketones (excluding diaryl/α,β-unsaturated/α-hetero) is 1. The molecule has 0 aromatic heterocycles. The van der Waals surface area contributed by atoms with Gasteiger partial charge in [0.05, 0.1) is 11.6 Å². The predicted octanol–water partition coefficient (Wildman–Crippen LogP) is 4.26. The molecule has 5 heteroatoms. The van der Waals surface area contributed by atoms with Crippen LogP contribution in [0, 0.1) is 6.92 Å². The molecule has 1 aliphatic heterocycles. The van der Waals surface area contributed by atoms with Crippen molar-refractivity contribution in [3.05, 3.63) is 88.5 Å². The minimum absolute atomic E-state index is 0.0722. The van der Waals surface area contributed by atoms with Crippen LogP contribution in [0.2, 0.25) is 5.02 Å². The van der Waals surface area contributed by atoms with Gasteiger partial charge in [0.15, 0.2) is 0 Å². The molecule has 2 aromatic carbocycles. The zero-order valence-corrected chi connectivity index (χ0v) is 15.0. The lowest BCUT2D eigenvalue weighted by Gasteiger charge is -2.24. The lowest BCUT2D eigenvalue weighted by molar-refractivity contribution is -0.139. The largest absolute Gasteiger partial charge is 0.507 e. The Hall–Kier alpha value is -2.85. The molecule has 1 N–H and O–H groups in total. The number of amides is 1. The van der Waals surface area contributed by atoms with Crippen molar-refractivity contribution in [2.75, 3.05) is 6.54 Å². The maximum atomic E-state index is 12.7. The van der Waals surface area contributed by atoms with E-state index in [9.17, 15) is 14.7 Å². The molecule has 0 saturated carbocycles. The molecule has 3 rings (SSSR count). The summed E-state index contributed by atoms with van der Waals surface area (Å²) in [5, 5.41) is 11.3. The fourth-order valence-corrected chi connectivity index (χ4v) is 3.19. The second-order valence-corrected chi connectivity index (χ2v) is 6.59. The lowest BCUT2D eigenvalue weighted by Crippen LogP contribution is -2.29. The van der Waals surface area contributed by atoms with Gasteiger partial charge in [0.2, 0.25) is 0 Å². The van der Waals surface area contributed by atoms with Crippen molar-refractivity contribution >= 4 is 29.1 Å². The van der Waals surface area contributed by atoms with Crippen LogP contribution in [0.25, 0.3) is 5.76 Å². The van der Waals surface area contributed by atoms with Gasteiger partial charge in [-0.15, -0.1) is 6.58 Å². The zero-order chi connectivity index (χ0) is 18.8. The number of likely N-dealkylation sites (tertiary alicyclic amines) is 1. The minimum atomic E-state index is -0.704. The summed E-state index contributed by atoms with van der Waals surface area (Å²) in [6.45, 7) is 5.79. The second kappa shape index (κ2) is 7.18. The fraction of sp³-hybridized carbons (Fsp3) is 0.143. The molecule has 0 radical (unpaired) electrons. The van der Waals surface area contributed by atoms with Crippen molar-refractivity contribution in [1.82, 2.24) is 4.90 Å². The van der Waals surface area contributed by atoms with Crippen molar-refractivity contribution in [2.24, 2.45) is 0 Å². The highest BCUT2D eigenvalue weighted by atomic mass is 35.5. The first-order valence-corrected chi connectivity index (χ1v) is 8.53.